The van der Waals surface area contributed by atoms with Crippen molar-refractivity contribution in [3.8, 4) is 5.88 Å². The maximum atomic E-state index is 11.5. The second-order valence-electron chi connectivity index (χ2n) is 5.95. The molecule has 1 heterocycles. The third kappa shape index (κ3) is 8.65. The van der Waals surface area contributed by atoms with Gasteiger partial charge in [-0.25, -0.2) is 9.78 Å². The number of amides is 1. The topological polar surface area (TPSA) is 113 Å². The van der Waals surface area contributed by atoms with E-state index in [1.54, 1.807) is 27.7 Å². The molecule has 140 valence electrons. The van der Waals surface area contributed by atoms with Crippen molar-refractivity contribution in [3.05, 3.63) is 27.9 Å². The predicted molar refractivity (Wildman–Crippen MR) is 86.4 cm³/mol. The van der Waals surface area contributed by atoms with Crippen molar-refractivity contribution >= 4 is 17.5 Å². The van der Waals surface area contributed by atoms with Crippen LogP contribution in [0.2, 0.25) is 0 Å². The first kappa shape index (κ1) is 23.1. The van der Waals surface area contributed by atoms with Crippen LogP contribution in [0.15, 0.2) is 17.3 Å². The molecule has 0 radical (unpaired) electrons. The number of nitro groups is 1. The number of pyridine rings is 1. The molecular weight excluding hydrogens is 419 g/mol. The van der Waals surface area contributed by atoms with Crippen molar-refractivity contribution in [2.24, 2.45) is 4.99 Å². The summed E-state index contributed by atoms with van der Waals surface area (Å²) in [5.41, 5.74) is 0.0839. The molecule has 0 aliphatic heterocycles. The zero-order valence-electron chi connectivity index (χ0n) is 14.7. The quantitative estimate of drug-likeness (QED) is 0.289. The summed E-state index contributed by atoms with van der Waals surface area (Å²) >= 11 is 0. The van der Waals surface area contributed by atoms with Crippen molar-refractivity contribution in [1.29, 1.82) is 0 Å². The SMILES string of the molecule is COc1ncc(COC/C(C)=N\C(=O)OC(C)(C)C)cc1[N+](=O)[O-].[Ru]. The molecule has 0 aliphatic rings. The number of carbonyl (C=O) groups is 1. The molecule has 0 aromatic carbocycles. The fourth-order valence-electron chi connectivity index (χ4n) is 1.64. The minimum absolute atomic E-state index is 0. The number of hydrogen-bond donors (Lipinski definition) is 0. The van der Waals surface area contributed by atoms with E-state index >= 15 is 0 Å². The smallest absolute Gasteiger partial charge is 0.434 e. The molecular formula is C15H21N3O6Ru. The third-order valence-electron chi connectivity index (χ3n) is 2.53. The normalized spacial score (nSPS) is 11.5. The number of nitrogens with zero attached hydrogens (tertiary/aromatic N) is 3. The Morgan fingerprint density at radius 1 is 1.40 bits per heavy atom. The third-order valence-corrected chi connectivity index (χ3v) is 2.53. The zero-order chi connectivity index (χ0) is 18.3. The molecule has 0 fully saturated rings. The predicted octanol–water partition coefficient (Wildman–Crippen LogP) is 2.91. The second kappa shape index (κ2) is 10.2. The van der Waals surface area contributed by atoms with E-state index in [0.29, 0.717) is 11.3 Å². The van der Waals surface area contributed by atoms with E-state index < -0.39 is 16.6 Å². The Bertz CT molecular complexity index is 643. The van der Waals surface area contributed by atoms with Gasteiger partial charge in [0.15, 0.2) is 0 Å². The van der Waals surface area contributed by atoms with E-state index in [-0.39, 0.29) is 44.3 Å². The van der Waals surface area contributed by atoms with Crippen LogP contribution in [0.25, 0.3) is 0 Å². The monoisotopic (exact) mass is 441 g/mol. The van der Waals surface area contributed by atoms with E-state index in [9.17, 15) is 14.9 Å². The van der Waals surface area contributed by atoms with Gasteiger partial charge in [0.2, 0.25) is 0 Å². The fraction of sp³-hybridized carbons (Fsp3) is 0.533. The number of aliphatic imine (C=N–C) groups is 1. The van der Waals surface area contributed by atoms with Crippen LogP contribution in [-0.2, 0) is 35.6 Å². The van der Waals surface area contributed by atoms with Crippen molar-refractivity contribution in [2.45, 2.75) is 39.9 Å². The zero-order valence-corrected chi connectivity index (χ0v) is 16.5. The van der Waals surface area contributed by atoms with Crippen LogP contribution in [0.3, 0.4) is 0 Å². The van der Waals surface area contributed by atoms with Crippen molar-refractivity contribution in [2.75, 3.05) is 13.7 Å². The molecule has 0 aliphatic carbocycles. The average Bonchev–Trinajstić information content (AvgIpc) is 2.44. The summed E-state index contributed by atoms with van der Waals surface area (Å²) in [6, 6.07) is 1.33. The number of aromatic nitrogens is 1. The summed E-state index contributed by atoms with van der Waals surface area (Å²) in [4.78, 5) is 29.5. The molecule has 0 atom stereocenters. The molecule has 1 amide bonds. The second-order valence-corrected chi connectivity index (χ2v) is 5.95. The number of rotatable bonds is 6. The van der Waals surface area contributed by atoms with E-state index in [1.807, 2.05) is 0 Å². The average molecular weight is 440 g/mol. The minimum atomic E-state index is -0.689. The largest absolute Gasteiger partial charge is 0.476 e. The summed E-state index contributed by atoms with van der Waals surface area (Å²) < 4.78 is 15.3. The Balaban J connectivity index is 0.00000576. The summed E-state index contributed by atoms with van der Waals surface area (Å²) in [5.74, 6) is -0.0635. The van der Waals surface area contributed by atoms with Gasteiger partial charge in [0, 0.05) is 43.0 Å². The fourth-order valence-corrected chi connectivity index (χ4v) is 1.64. The van der Waals surface area contributed by atoms with Gasteiger partial charge in [-0.15, -0.1) is 0 Å². The van der Waals surface area contributed by atoms with Gasteiger partial charge in [0.25, 0.3) is 5.88 Å². The van der Waals surface area contributed by atoms with Crippen LogP contribution >= 0.6 is 0 Å². The van der Waals surface area contributed by atoms with Gasteiger partial charge in [-0.3, -0.25) is 10.1 Å². The van der Waals surface area contributed by atoms with Crippen molar-refractivity contribution < 1.29 is 43.4 Å². The molecule has 1 rings (SSSR count). The molecule has 0 unspecified atom stereocenters. The molecule has 1 aromatic heterocycles. The number of methoxy groups -OCH3 is 1. The van der Waals surface area contributed by atoms with Gasteiger partial charge in [-0.1, -0.05) is 0 Å². The van der Waals surface area contributed by atoms with Crippen LogP contribution < -0.4 is 4.74 Å². The Morgan fingerprint density at radius 2 is 2.04 bits per heavy atom. The van der Waals surface area contributed by atoms with E-state index in [2.05, 4.69) is 9.98 Å². The minimum Gasteiger partial charge on any atom is -0.476 e. The first-order valence-electron chi connectivity index (χ1n) is 7.14. The van der Waals surface area contributed by atoms with E-state index in [1.165, 1.54) is 19.4 Å². The summed E-state index contributed by atoms with van der Waals surface area (Å²) in [6.45, 7) is 7.03. The Labute approximate surface area is 158 Å². The molecule has 0 N–H and O–H groups in total. The Kier molecular flexibility index (Phi) is 9.37. The van der Waals surface area contributed by atoms with Gasteiger partial charge >= 0.3 is 11.8 Å². The molecule has 0 saturated heterocycles. The first-order chi connectivity index (χ1) is 11.1. The van der Waals surface area contributed by atoms with Crippen LogP contribution in [-0.4, -0.2) is 41.0 Å². The van der Waals surface area contributed by atoms with Crippen molar-refractivity contribution in [3.63, 3.8) is 0 Å². The molecule has 25 heavy (non-hydrogen) atoms. The molecule has 9 nitrogen and oxygen atoms in total. The maximum Gasteiger partial charge on any atom is 0.434 e. The molecule has 1 aromatic rings. The van der Waals surface area contributed by atoms with Gasteiger partial charge in [0.1, 0.15) is 5.60 Å². The summed E-state index contributed by atoms with van der Waals surface area (Å²) in [5, 5.41) is 10.9. The number of ether oxygens (including phenoxy) is 3. The van der Waals surface area contributed by atoms with E-state index in [0.717, 1.165) is 0 Å². The number of hydrogen-bond acceptors (Lipinski definition) is 7. The van der Waals surface area contributed by atoms with Gasteiger partial charge < -0.3 is 14.2 Å². The van der Waals surface area contributed by atoms with Crippen molar-refractivity contribution in [1.82, 2.24) is 4.98 Å². The van der Waals surface area contributed by atoms with Crippen LogP contribution in [0.5, 0.6) is 5.88 Å². The van der Waals surface area contributed by atoms with Crippen LogP contribution in [0.4, 0.5) is 10.5 Å². The Hall–Kier alpha value is -1.93. The molecule has 0 saturated carbocycles. The Morgan fingerprint density at radius 3 is 2.56 bits per heavy atom. The van der Waals surface area contributed by atoms with Crippen LogP contribution in [0.1, 0.15) is 33.3 Å². The summed E-state index contributed by atoms with van der Waals surface area (Å²) in [7, 11) is 1.31. The standard InChI is InChI=1S/C15H21N3O6.Ru/c1-10(17-14(19)24-15(2,3)4)8-23-9-11-6-12(18(20)21)13(22-5)16-7-11;/h6-7H,8-9H2,1-5H3;/b17-10-;. The first-order valence-corrected chi connectivity index (χ1v) is 7.14. The van der Waals surface area contributed by atoms with Gasteiger partial charge in [-0.05, 0) is 27.7 Å². The number of carbonyl (C=O) groups excluding carboxylic acids is 1. The summed E-state index contributed by atoms with van der Waals surface area (Å²) in [6.07, 6.45) is 0.733. The molecule has 0 spiro atoms. The molecule has 10 heteroatoms. The van der Waals surface area contributed by atoms with Gasteiger partial charge in [-0.2, -0.15) is 4.99 Å². The van der Waals surface area contributed by atoms with Crippen LogP contribution in [0, 0.1) is 10.1 Å². The van der Waals surface area contributed by atoms with E-state index in [4.69, 9.17) is 14.2 Å². The maximum absolute atomic E-state index is 11.5. The molecule has 0 bridgehead atoms. The van der Waals surface area contributed by atoms with Gasteiger partial charge in [0.05, 0.1) is 25.2 Å².